The first-order chi connectivity index (χ1) is 19.0. The summed E-state index contributed by atoms with van der Waals surface area (Å²) in [5.41, 5.74) is 2.21. The fourth-order valence-electron chi connectivity index (χ4n) is 4.95. The van der Waals surface area contributed by atoms with Gasteiger partial charge in [0.15, 0.2) is 11.5 Å². The molecule has 1 heterocycles. The van der Waals surface area contributed by atoms with Crippen LogP contribution in [0.1, 0.15) is 72.3 Å². The monoisotopic (exact) mass is 525 g/mol. The standard InChI is InChI=1S/C31H31N3O5/c1-2-38-28-18-21(15-16-27(28)39-20-22-9-8-12-24(17-22)31(36)37)19-32-34-29(23-10-4-3-5-11-23)33-26-14-7-6-13-25(26)30(34)35/h6-9,12-19,23H,2-5,10-11,20H2,1H3,(H,36,37). The maximum Gasteiger partial charge on any atom is 0.335 e. The van der Waals surface area contributed by atoms with Crippen molar-refractivity contribution >= 4 is 23.1 Å². The molecule has 0 saturated heterocycles. The first-order valence-corrected chi connectivity index (χ1v) is 13.3. The molecule has 0 spiro atoms. The number of fused-ring (bicyclic) bond motifs is 1. The number of aromatic nitrogens is 2. The van der Waals surface area contributed by atoms with Gasteiger partial charge in [-0.3, -0.25) is 4.79 Å². The topological polar surface area (TPSA) is 103 Å². The van der Waals surface area contributed by atoms with Crippen molar-refractivity contribution in [2.75, 3.05) is 6.61 Å². The number of benzene rings is 3. The average molecular weight is 526 g/mol. The minimum absolute atomic E-state index is 0.175. The van der Waals surface area contributed by atoms with Gasteiger partial charge in [-0.25, -0.2) is 9.78 Å². The van der Waals surface area contributed by atoms with Crippen molar-refractivity contribution in [3.05, 3.63) is 99.6 Å². The lowest BCUT2D eigenvalue weighted by atomic mass is 9.88. The average Bonchev–Trinajstić information content (AvgIpc) is 2.97. The minimum Gasteiger partial charge on any atom is -0.490 e. The Hall–Kier alpha value is -4.46. The molecule has 1 N–H and O–H groups in total. The van der Waals surface area contributed by atoms with Crippen molar-refractivity contribution in [3.63, 3.8) is 0 Å². The van der Waals surface area contributed by atoms with Gasteiger partial charge in [0.05, 0.1) is 29.3 Å². The van der Waals surface area contributed by atoms with Gasteiger partial charge in [-0.2, -0.15) is 9.78 Å². The number of rotatable bonds is 9. The molecule has 0 unspecified atom stereocenters. The summed E-state index contributed by atoms with van der Waals surface area (Å²) in [5.74, 6) is 0.989. The number of carboxylic acids is 1. The molecule has 0 amide bonds. The molecular formula is C31H31N3O5. The van der Waals surface area contributed by atoms with E-state index in [-0.39, 0.29) is 23.6 Å². The van der Waals surface area contributed by atoms with E-state index in [9.17, 15) is 14.7 Å². The number of ether oxygens (including phenoxy) is 2. The molecule has 8 nitrogen and oxygen atoms in total. The Morgan fingerprint density at radius 2 is 1.85 bits per heavy atom. The van der Waals surface area contributed by atoms with Crippen LogP contribution in [0, 0.1) is 0 Å². The van der Waals surface area contributed by atoms with Crippen molar-refractivity contribution in [1.82, 2.24) is 9.66 Å². The Morgan fingerprint density at radius 3 is 2.64 bits per heavy atom. The molecule has 1 fully saturated rings. The summed E-state index contributed by atoms with van der Waals surface area (Å²) < 4.78 is 13.2. The molecule has 0 aliphatic heterocycles. The highest BCUT2D eigenvalue weighted by Crippen LogP contribution is 2.32. The molecule has 5 rings (SSSR count). The number of carboxylic acid groups (broad SMARTS) is 1. The summed E-state index contributed by atoms with van der Waals surface area (Å²) in [7, 11) is 0. The van der Waals surface area contributed by atoms with Gasteiger partial charge in [0.1, 0.15) is 12.4 Å². The highest BCUT2D eigenvalue weighted by molar-refractivity contribution is 5.87. The van der Waals surface area contributed by atoms with Gasteiger partial charge in [-0.15, -0.1) is 0 Å². The van der Waals surface area contributed by atoms with Crippen LogP contribution in [0.25, 0.3) is 10.9 Å². The van der Waals surface area contributed by atoms with Crippen molar-refractivity contribution in [3.8, 4) is 11.5 Å². The summed E-state index contributed by atoms with van der Waals surface area (Å²) in [6.07, 6.45) is 7.09. The maximum atomic E-state index is 13.5. The lowest BCUT2D eigenvalue weighted by molar-refractivity contribution is 0.0696. The first-order valence-electron chi connectivity index (χ1n) is 13.3. The predicted octanol–water partition coefficient (Wildman–Crippen LogP) is 6.00. The van der Waals surface area contributed by atoms with Crippen molar-refractivity contribution < 1.29 is 19.4 Å². The molecule has 200 valence electrons. The largest absolute Gasteiger partial charge is 0.490 e. The van der Waals surface area contributed by atoms with E-state index in [1.807, 2.05) is 43.3 Å². The van der Waals surface area contributed by atoms with Gasteiger partial charge >= 0.3 is 5.97 Å². The summed E-state index contributed by atoms with van der Waals surface area (Å²) in [4.78, 5) is 29.6. The quantitative estimate of drug-likeness (QED) is 0.269. The zero-order valence-corrected chi connectivity index (χ0v) is 21.9. The molecule has 0 atom stereocenters. The van der Waals surface area contributed by atoms with Crippen LogP contribution in [0.15, 0.2) is 76.6 Å². The molecule has 0 radical (unpaired) electrons. The normalized spacial score (nSPS) is 14.1. The van der Waals surface area contributed by atoms with Gasteiger partial charge in [0.2, 0.25) is 0 Å². The Labute approximate surface area is 226 Å². The fraction of sp³-hybridized carbons (Fsp3) is 0.290. The van der Waals surface area contributed by atoms with E-state index in [1.165, 1.54) is 11.1 Å². The second kappa shape index (κ2) is 11.9. The van der Waals surface area contributed by atoms with Crippen LogP contribution in [-0.2, 0) is 6.61 Å². The van der Waals surface area contributed by atoms with Crippen LogP contribution < -0.4 is 15.0 Å². The van der Waals surface area contributed by atoms with E-state index in [0.29, 0.717) is 34.8 Å². The number of para-hydroxylation sites is 1. The molecule has 3 aromatic carbocycles. The summed E-state index contributed by atoms with van der Waals surface area (Å²) in [6.45, 7) is 2.51. The van der Waals surface area contributed by atoms with Crippen LogP contribution in [0.5, 0.6) is 11.5 Å². The fourth-order valence-corrected chi connectivity index (χ4v) is 4.95. The molecule has 0 bridgehead atoms. The van der Waals surface area contributed by atoms with E-state index < -0.39 is 5.97 Å². The van der Waals surface area contributed by atoms with Crippen molar-refractivity contribution in [1.29, 1.82) is 0 Å². The molecule has 1 aliphatic carbocycles. The second-order valence-corrected chi connectivity index (χ2v) is 9.62. The lowest BCUT2D eigenvalue weighted by Crippen LogP contribution is -2.25. The smallest absolute Gasteiger partial charge is 0.335 e. The minimum atomic E-state index is -0.983. The third-order valence-electron chi connectivity index (χ3n) is 6.91. The highest BCUT2D eigenvalue weighted by atomic mass is 16.5. The second-order valence-electron chi connectivity index (χ2n) is 9.62. The summed E-state index contributed by atoms with van der Waals surface area (Å²) in [5, 5.41) is 14.4. The first kappa shape index (κ1) is 26.2. The van der Waals surface area contributed by atoms with E-state index >= 15 is 0 Å². The number of hydrogen-bond acceptors (Lipinski definition) is 6. The Balaban J connectivity index is 1.43. The molecule has 4 aromatic rings. The zero-order chi connectivity index (χ0) is 27.2. The molecular weight excluding hydrogens is 494 g/mol. The SMILES string of the molecule is CCOc1cc(C=Nn2c(C3CCCCC3)nc3ccccc3c2=O)ccc1OCc1cccc(C(=O)O)c1. The van der Waals surface area contributed by atoms with Crippen LogP contribution in [-0.4, -0.2) is 33.6 Å². The highest BCUT2D eigenvalue weighted by Gasteiger charge is 2.22. The van der Waals surface area contributed by atoms with E-state index in [4.69, 9.17) is 14.5 Å². The number of aromatic carboxylic acids is 1. The summed E-state index contributed by atoms with van der Waals surface area (Å²) in [6, 6.07) is 19.5. The van der Waals surface area contributed by atoms with E-state index in [0.717, 1.165) is 36.8 Å². The van der Waals surface area contributed by atoms with Crippen molar-refractivity contribution in [2.24, 2.45) is 5.10 Å². The van der Waals surface area contributed by atoms with Gasteiger partial charge < -0.3 is 14.6 Å². The Morgan fingerprint density at radius 1 is 1.03 bits per heavy atom. The predicted molar refractivity (Wildman–Crippen MR) is 150 cm³/mol. The zero-order valence-electron chi connectivity index (χ0n) is 21.9. The van der Waals surface area contributed by atoms with Crippen molar-refractivity contribution in [2.45, 2.75) is 51.6 Å². The lowest BCUT2D eigenvalue weighted by Gasteiger charge is -2.22. The molecule has 8 heteroatoms. The summed E-state index contributed by atoms with van der Waals surface area (Å²) >= 11 is 0. The van der Waals surface area contributed by atoms with Crippen LogP contribution in [0.4, 0.5) is 0 Å². The van der Waals surface area contributed by atoms with Crippen LogP contribution >= 0.6 is 0 Å². The van der Waals surface area contributed by atoms with Gasteiger partial charge in [-0.1, -0.05) is 43.5 Å². The number of hydrogen-bond donors (Lipinski definition) is 1. The van der Waals surface area contributed by atoms with E-state index in [2.05, 4.69) is 5.10 Å². The molecule has 1 saturated carbocycles. The van der Waals surface area contributed by atoms with Gasteiger partial charge in [0, 0.05) is 5.92 Å². The number of nitrogens with zero attached hydrogens (tertiary/aromatic N) is 3. The Kier molecular flexibility index (Phi) is 8.01. The third kappa shape index (κ3) is 6.00. The third-order valence-corrected chi connectivity index (χ3v) is 6.91. The molecule has 1 aromatic heterocycles. The van der Waals surface area contributed by atoms with E-state index in [1.54, 1.807) is 36.5 Å². The van der Waals surface area contributed by atoms with Crippen LogP contribution in [0.3, 0.4) is 0 Å². The van der Waals surface area contributed by atoms with Crippen LogP contribution in [0.2, 0.25) is 0 Å². The maximum absolute atomic E-state index is 13.5. The van der Waals surface area contributed by atoms with Gasteiger partial charge in [0.25, 0.3) is 5.56 Å². The molecule has 39 heavy (non-hydrogen) atoms. The molecule has 1 aliphatic rings. The Bertz CT molecular complexity index is 1570. The van der Waals surface area contributed by atoms with Gasteiger partial charge in [-0.05, 0) is 73.4 Å². The number of carbonyl (C=O) groups is 1.